The molecule has 0 unspecified atom stereocenters. The highest BCUT2D eigenvalue weighted by molar-refractivity contribution is 5.68. The Hall–Kier alpha value is -1.36. The van der Waals surface area contributed by atoms with Crippen LogP contribution in [0.3, 0.4) is 0 Å². The highest BCUT2D eigenvalue weighted by Gasteiger charge is 2.10. The van der Waals surface area contributed by atoms with Gasteiger partial charge in [-0.15, -0.1) is 0 Å². The van der Waals surface area contributed by atoms with E-state index in [1.54, 1.807) is 0 Å². The second-order valence-corrected chi connectivity index (χ2v) is 3.71. The number of esters is 1. The van der Waals surface area contributed by atoms with E-state index in [1.807, 2.05) is 18.5 Å². The molecule has 0 radical (unpaired) electrons. The molecule has 5 nitrogen and oxygen atoms in total. The van der Waals surface area contributed by atoms with Crippen molar-refractivity contribution >= 4 is 5.97 Å². The Kier molecular flexibility index (Phi) is 4.49. The maximum atomic E-state index is 10.9. The number of aliphatic hydroxyl groups excluding tert-OH is 1. The Labute approximate surface area is 95.0 Å². The number of methoxy groups -OCH3 is 1. The average molecular weight is 226 g/mol. The fraction of sp³-hybridized carbons (Fsp3) is 0.636. The van der Waals surface area contributed by atoms with Crippen molar-refractivity contribution < 1.29 is 14.6 Å². The maximum absolute atomic E-state index is 10.9. The first kappa shape index (κ1) is 12.7. The molecule has 0 saturated carbocycles. The van der Waals surface area contributed by atoms with Gasteiger partial charge < -0.3 is 9.84 Å². The van der Waals surface area contributed by atoms with Crippen LogP contribution in [-0.4, -0.2) is 28.0 Å². The van der Waals surface area contributed by atoms with Gasteiger partial charge in [0.1, 0.15) is 0 Å². The summed E-state index contributed by atoms with van der Waals surface area (Å²) in [6.07, 6.45) is 1.09. The van der Waals surface area contributed by atoms with Crippen molar-refractivity contribution in [1.29, 1.82) is 0 Å². The van der Waals surface area contributed by atoms with E-state index in [2.05, 4.69) is 9.84 Å². The number of aromatic nitrogens is 2. The van der Waals surface area contributed by atoms with E-state index >= 15 is 0 Å². The van der Waals surface area contributed by atoms with Gasteiger partial charge in [0.05, 0.1) is 19.4 Å². The zero-order valence-electron chi connectivity index (χ0n) is 9.99. The smallest absolute Gasteiger partial charge is 0.305 e. The molecule has 0 atom stereocenters. The Morgan fingerprint density at radius 1 is 1.50 bits per heavy atom. The minimum absolute atomic E-state index is 0.00860. The van der Waals surface area contributed by atoms with Gasteiger partial charge in [0.25, 0.3) is 0 Å². The normalized spacial score (nSPS) is 10.5. The van der Waals surface area contributed by atoms with Crippen LogP contribution in [0.2, 0.25) is 0 Å². The van der Waals surface area contributed by atoms with E-state index < -0.39 is 0 Å². The Bertz CT molecular complexity index is 372. The first-order valence-electron chi connectivity index (χ1n) is 5.30. The molecule has 0 aromatic carbocycles. The Balaban J connectivity index is 2.58. The van der Waals surface area contributed by atoms with Crippen molar-refractivity contribution in [2.24, 2.45) is 0 Å². The third kappa shape index (κ3) is 2.82. The van der Waals surface area contributed by atoms with E-state index in [9.17, 15) is 4.79 Å². The number of rotatable bonds is 5. The van der Waals surface area contributed by atoms with Gasteiger partial charge in [-0.25, -0.2) is 0 Å². The third-order valence-electron chi connectivity index (χ3n) is 2.67. The van der Waals surface area contributed by atoms with Gasteiger partial charge in [0.15, 0.2) is 0 Å². The summed E-state index contributed by atoms with van der Waals surface area (Å²) in [5.74, 6) is -0.205. The van der Waals surface area contributed by atoms with E-state index in [0.717, 1.165) is 17.0 Å². The maximum Gasteiger partial charge on any atom is 0.305 e. The minimum Gasteiger partial charge on any atom is -0.469 e. The number of aryl methyl sites for hydroxylation is 2. The number of nitrogens with zero attached hydrogens (tertiary/aromatic N) is 2. The number of ether oxygens (including phenoxy) is 1. The molecular weight excluding hydrogens is 208 g/mol. The molecular formula is C11H18N2O3. The fourth-order valence-corrected chi connectivity index (χ4v) is 1.66. The van der Waals surface area contributed by atoms with Gasteiger partial charge in [-0.3, -0.25) is 9.48 Å². The number of carbonyl (C=O) groups is 1. The Morgan fingerprint density at radius 2 is 2.19 bits per heavy atom. The highest BCUT2D eigenvalue weighted by Crippen LogP contribution is 2.13. The molecule has 1 N–H and O–H groups in total. The zero-order valence-corrected chi connectivity index (χ0v) is 9.99. The average Bonchev–Trinajstić information content (AvgIpc) is 2.53. The fourth-order valence-electron chi connectivity index (χ4n) is 1.66. The molecule has 1 heterocycles. The van der Waals surface area contributed by atoms with Crippen LogP contribution in [0.4, 0.5) is 0 Å². The summed E-state index contributed by atoms with van der Waals surface area (Å²) in [6, 6.07) is 0. The van der Waals surface area contributed by atoms with Gasteiger partial charge in [0, 0.05) is 24.2 Å². The molecule has 0 fully saturated rings. The molecule has 0 bridgehead atoms. The zero-order chi connectivity index (χ0) is 12.1. The SMILES string of the molecule is COC(=O)CCCn1nc(C)c(CO)c1C. The lowest BCUT2D eigenvalue weighted by atomic mass is 10.2. The van der Waals surface area contributed by atoms with Crippen LogP contribution >= 0.6 is 0 Å². The van der Waals surface area contributed by atoms with Gasteiger partial charge in [-0.05, 0) is 20.3 Å². The second-order valence-electron chi connectivity index (χ2n) is 3.71. The summed E-state index contributed by atoms with van der Waals surface area (Å²) in [5.41, 5.74) is 2.68. The molecule has 5 heteroatoms. The van der Waals surface area contributed by atoms with E-state index in [1.165, 1.54) is 7.11 Å². The van der Waals surface area contributed by atoms with Crippen LogP contribution in [0.15, 0.2) is 0 Å². The molecule has 0 spiro atoms. The number of hydrogen-bond acceptors (Lipinski definition) is 4. The third-order valence-corrected chi connectivity index (χ3v) is 2.67. The lowest BCUT2D eigenvalue weighted by Crippen LogP contribution is -2.07. The van der Waals surface area contributed by atoms with Crippen molar-refractivity contribution in [1.82, 2.24) is 9.78 Å². The van der Waals surface area contributed by atoms with Crippen molar-refractivity contribution in [2.45, 2.75) is 39.8 Å². The molecule has 1 aromatic rings. The van der Waals surface area contributed by atoms with Crippen molar-refractivity contribution in [3.63, 3.8) is 0 Å². The van der Waals surface area contributed by atoms with E-state index in [-0.39, 0.29) is 12.6 Å². The lowest BCUT2D eigenvalue weighted by molar-refractivity contribution is -0.140. The van der Waals surface area contributed by atoms with Crippen LogP contribution in [0, 0.1) is 13.8 Å². The highest BCUT2D eigenvalue weighted by atomic mass is 16.5. The first-order valence-corrected chi connectivity index (χ1v) is 5.30. The van der Waals surface area contributed by atoms with Crippen LogP contribution in [0.1, 0.15) is 29.8 Å². The molecule has 0 aliphatic rings. The predicted molar refractivity (Wildman–Crippen MR) is 58.9 cm³/mol. The van der Waals surface area contributed by atoms with Crippen molar-refractivity contribution in [2.75, 3.05) is 7.11 Å². The van der Waals surface area contributed by atoms with Gasteiger partial charge >= 0.3 is 5.97 Å². The summed E-state index contributed by atoms with van der Waals surface area (Å²) in [4.78, 5) is 10.9. The summed E-state index contributed by atoms with van der Waals surface area (Å²) >= 11 is 0. The standard InChI is InChI=1S/C11H18N2O3/c1-8-10(7-14)9(2)13(12-8)6-4-5-11(15)16-3/h14H,4-7H2,1-3H3. The van der Waals surface area contributed by atoms with Crippen molar-refractivity contribution in [3.05, 3.63) is 17.0 Å². The van der Waals surface area contributed by atoms with Crippen molar-refractivity contribution in [3.8, 4) is 0 Å². The molecule has 1 aromatic heterocycles. The van der Waals surface area contributed by atoms with Crippen LogP contribution < -0.4 is 0 Å². The summed E-state index contributed by atoms with van der Waals surface area (Å²) in [6.45, 7) is 4.47. The largest absolute Gasteiger partial charge is 0.469 e. The van der Waals surface area contributed by atoms with E-state index in [0.29, 0.717) is 19.4 Å². The van der Waals surface area contributed by atoms with Gasteiger partial charge in [-0.1, -0.05) is 0 Å². The molecule has 90 valence electrons. The molecule has 16 heavy (non-hydrogen) atoms. The second kappa shape index (κ2) is 5.65. The quantitative estimate of drug-likeness (QED) is 0.759. The molecule has 1 rings (SSSR count). The lowest BCUT2D eigenvalue weighted by Gasteiger charge is -2.04. The molecule has 0 saturated heterocycles. The summed E-state index contributed by atoms with van der Waals surface area (Å²) < 4.78 is 6.38. The summed E-state index contributed by atoms with van der Waals surface area (Å²) in [5, 5.41) is 13.4. The minimum atomic E-state index is -0.205. The van der Waals surface area contributed by atoms with E-state index in [4.69, 9.17) is 5.11 Å². The predicted octanol–water partition coefficient (Wildman–Crippen LogP) is 0.945. The Morgan fingerprint density at radius 3 is 2.69 bits per heavy atom. The van der Waals surface area contributed by atoms with Crippen LogP contribution in [-0.2, 0) is 22.7 Å². The number of carbonyl (C=O) groups excluding carboxylic acids is 1. The van der Waals surface area contributed by atoms with Gasteiger partial charge in [0.2, 0.25) is 0 Å². The monoisotopic (exact) mass is 226 g/mol. The van der Waals surface area contributed by atoms with Crippen LogP contribution in [0.5, 0.6) is 0 Å². The van der Waals surface area contributed by atoms with Gasteiger partial charge in [-0.2, -0.15) is 5.10 Å². The number of aliphatic hydroxyl groups is 1. The molecule has 0 amide bonds. The number of hydrogen-bond donors (Lipinski definition) is 1. The van der Waals surface area contributed by atoms with Crippen LogP contribution in [0.25, 0.3) is 0 Å². The topological polar surface area (TPSA) is 64.4 Å². The molecule has 0 aliphatic heterocycles. The summed E-state index contributed by atoms with van der Waals surface area (Å²) in [7, 11) is 1.38. The molecule has 0 aliphatic carbocycles. The first-order chi connectivity index (χ1) is 7.60.